The first-order chi connectivity index (χ1) is 17.8. The number of alkyl halides is 3. The van der Waals surface area contributed by atoms with Crippen molar-refractivity contribution in [2.24, 2.45) is 5.92 Å². The third-order valence-electron chi connectivity index (χ3n) is 7.04. The average molecular weight is 665 g/mol. The Kier molecular flexibility index (Phi) is 8.12. The predicted octanol–water partition coefficient (Wildman–Crippen LogP) is 8.59. The van der Waals surface area contributed by atoms with Crippen LogP contribution in [0.3, 0.4) is 0 Å². The molecule has 0 aliphatic carbocycles. The lowest BCUT2D eigenvalue weighted by atomic mass is 9.76. The summed E-state index contributed by atoms with van der Waals surface area (Å²) in [4.78, 5) is 4.55. The molecule has 204 valence electrons. The molecule has 11 heteroatoms. The highest BCUT2D eigenvalue weighted by Crippen LogP contribution is 2.60. The minimum absolute atomic E-state index is 0.0397. The number of benzene rings is 2. The largest absolute Gasteiger partial charge is 0.493 e. The number of hydrogen-bond donors (Lipinski definition) is 0. The van der Waals surface area contributed by atoms with E-state index in [0.717, 1.165) is 25.7 Å². The third-order valence-corrected chi connectivity index (χ3v) is 8.74. The Labute approximate surface area is 233 Å². The summed E-state index contributed by atoms with van der Waals surface area (Å²) in [6, 6.07) is 11.4. The molecule has 3 aromatic rings. The molecule has 1 aliphatic rings. The lowest BCUT2D eigenvalue weighted by Gasteiger charge is -2.32. The molecule has 0 saturated carbocycles. The molecule has 0 radical (unpaired) electrons. The summed E-state index contributed by atoms with van der Waals surface area (Å²) in [5.41, 5.74) is -1.13. The van der Waals surface area contributed by atoms with Crippen LogP contribution in [0, 0.1) is 24.5 Å². The van der Waals surface area contributed by atoms with Crippen LogP contribution in [0.4, 0.5) is 22.0 Å². The van der Waals surface area contributed by atoms with Gasteiger partial charge in [0.15, 0.2) is 22.9 Å². The summed E-state index contributed by atoms with van der Waals surface area (Å²) in [5, 5.41) is 0. The lowest BCUT2D eigenvalue weighted by Crippen LogP contribution is -2.46. The quantitative estimate of drug-likeness (QED) is 0.248. The smallest absolute Gasteiger partial charge is 0.417 e. The molecule has 1 aliphatic heterocycles. The van der Waals surface area contributed by atoms with Gasteiger partial charge in [-0.3, -0.25) is 4.98 Å². The zero-order chi connectivity index (χ0) is 28.0. The van der Waals surface area contributed by atoms with E-state index in [4.69, 9.17) is 14.2 Å². The van der Waals surface area contributed by atoms with E-state index in [0.29, 0.717) is 15.9 Å². The van der Waals surface area contributed by atoms with Crippen LogP contribution in [-0.4, -0.2) is 23.9 Å². The summed E-state index contributed by atoms with van der Waals surface area (Å²) < 4.78 is 89.6. The molecular weight excluding hydrogens is 641 g/mol. The maximum absolute atomic E-state index is 14.7. The van der Waals surface area contributed by atoms with Crippen LogP contribution < -0.4 is 9.47 Å². The van der Waals surface area contributed by atoms with Crippen molar-refractivity contribution in [2.75, 3.05) is 7.11 Å². The van der Waals surface area contributed by atoms with Gasteiger partial charge in [0, 0.05) is 17.4 Å². The number of hydrogen-bond acceptors (Lipinski definition) is 4. The summed E-state index contributed by atoms with van der Waals surface area (Å²) in [6.07, 6.45) is -6.08. The molecule has 0 amide bonds. The van der Waals surface area contributed by atoms with Crippen LogP contribution in [-0.2, 0) is 11.3 Å². The number of pyridine rings is 1. The summed E-state index contributed by atoms with van der Waals surface area (Å²) in [7, 11) is 1.13. The van der Waals surface area contributed by atoms with E-state index in [1.807, 2.05) is 30.3 Å². The molecule has 0 bridgehead atoms. The molecule has 2 heterocycles. The van der Waals surface area contributed by atoms with Gasteiger partial charge in [0.25, 0.3) is 0 Å². The van der Waals surface area contributed by atoms with Crippen LogP contribution in [0.2, 0.25) is 0 Å². The SMILES string of the molecule is COc1c([C@H]2[C@H](c3nc(C)c(Br)c(OCc4ccccc4)c3Br)O[C@@](C)(C(F)(F)F)[C@H]2C)ccc(F)c1F. The van der Waals surface area contributed by atoms with E-state index >= 15 is 0 Å². The van der Waals surface area contributed by atoms with Crippen molar-refractivity contribution >= 4 is 31.9 Å². The molecule has 0 spiro atoms. The Morgan fingerprint density at radius 1 is 1.03 bits per heavy atom. The van der Waals surface area contributed by atoms with E-state index in [-0.39, 0.29) is 22.3 Å². The monoisotopic (exact) mass is 663 g/mol. The topological polar surface area (TPSA) is 40.6 Å². The molecule has 4 rings (SSSR count). The van der Waals surface area contributed by atoms with Gasteiger partial charge in [-0.25, -0.2) is 4.39 Å². The van der Waals surface area contributed by atoms with E-state index in [2.05, 4.69) is 36.8 Å². The van der Waals surface area contributed by atoms with Crippen molar-refractivity contribution in [3.63, 3.8) is 0 Å². The fraction of sp³-hybridized carbons (Fsp3) is 0.370. The molecular formula is C27H24Br2F5NO3. The molecule has 1 aromatic heterocycles. The van der Waals surface area contributed by atoms with Crippen LogP contribution >= 0.6 is 31.9 Å². The Morgan fingerprint density at radius 3 is 2.29 bits per heavy atom. The first-order valence-corrected chi connectivity index (χ1v) is 13.2. The van der Waals surface area contributed by atoms with Gasteiger partial charge in [0.2, 0.25) is 5.82 Å². The highest BCUT2D eigenvalue weighted by molar-refractivity contribution is 9.11. The summed E-state index contributed by atoms with van der Waals surface area (Å²) >= 11 is 6.94. The van der Waals surface area contributed by atoms with Crippen LogP contribution in [0.5, 0.6) is 11.5 Å². The van der Waals surface area contributed by atoms with Gasteiger partial charge in [-0.1, -0.05) is 43.3 Å². The van der Waals surface area contributed by atoms with Gasteiger partial charge in [0.1, 0.15) is 12.7 Å². The highest BCUT2D eigenvalue weighted by atomic mass is 79.9. The Balaban J connectivity index is 1.88. The van der Waals surface area contributed by atoms with Gasteiger partial charge in [-0.2, -0.15) is 17.6 Å². The van der Waals surface area contributed by atoms with Gasteiger partial charge < -0.3 is 14.2 Å². The van der Waals surface area contributed by atoms with Crippen molar-refractivity contribution in [3.05, 3.63) is 85.6 Å². The normalized spacial score (nSPS) is 23.5. The van der Waals surface area contributed by atoms with Crippen molar-refractivity contribution in [1.82, 2.24) is 4.98 Å². The van der Waals surface area contributed by atoms with Gasteiger partial charge in [-0.15, -0.1) is 0 Å². The molecule has 4 nitrogen and oxygen atoms in total. The second-order valence-electron chi connectivity index (χ2n) is 9.26. The molecule has 0 N–H and O–H groups in total. The number of rotatable bonds is 6. The zero-order valence-corrected chi connectivity index (χ0v) is 24.0. The summed E-state index contributed by atoms with van der Waals surface area (Å²) in [6.45, 7) is 4.17. The number of nitrogens with zero attached hydrogens (tertiary/aromatic N) is 1. The minimum atomic E-state index is -4.77. The van der Waals surface area contributed by atoms with Crippen molar-refractivity contribution < 1.29 is 36.2 Å². The van der Waals surface area contributed by atoms with E-state index in [9.17, 15) is 22.0 Å². The number of ether oxygens (including phenoxy) is 3. The minimum Gasteiger partial charge on any atom is -0.493 e. The Hall–Kier alpha value is -2.24. The Morgan fingerprint density at radius 2 is 1.68 bits per heavy atom. The van der Waals surface area contributed by atoms with Gasteiger partial charge in [0.05, 0.1) is 27.4 Å². The fourth-order valence-corrected chi connectivity index (χ4v) is 6.04. The van der Waals surface area contributed by atoms with Crippen molar-refractivity contribution in [2.45, 2.75) is 51.2 Å². The van der Waals surface area contributed by atoms with Crippen LogP contribution in [0.25, 0.3) is 0 Å². The number of aryl methyl sites for hydroxylation is 1. The first-order valence-electron chi connectivity index (χ1n) is 11.6. The van der Waals surface area contributed by atoms with Crippen molar-refractivity contribution in [1.29, 1.82) is 0 Å². The third kappa shape index (κ3) is 4.93. The van der Waals surface area contributed by atoms with Gasteiger partial charge >= 0.3 is 6.18 Å². The standard InChI is InChI=1S/C27H24Br2F5NO3/c1-13-18(16-10-11-17(30)21(31)23(16)36-4)24(38-26(13,3)27(32,33)34)22-20(29)25(19(28)14(2)35-22)37-12-15-8-6-5-7-9-15/h5-11,13,18,24H,12H2,1-4H3/t13-,18-,24+,26+/m0/s1. The second kappa shape index (κ2) is 10.7. The highest BCUT2D eigenvalue weighted by Gasteiger charge is 2.65. The number of methoxy groups -OCH3 is 1. The maximum Gasteiger partial charge on any atom is 0.417 e. The van der Waals surface area contributed by atoms with Gasteiger partial charge in [-0.05, 0) is 57.3 Å². The zero-order valence-electron chi connectivity index (χ0n) is 20.8. The average Bonchev–Trinajstić information content (AvgIpc) is 3.15. The number of halogens is 7. The van der Waals surface area contributed by atoms with Crippen LogP contribution in [0.15, 0.2) is 51.4 Å². The molecule has 1 saturated heterocycles. The van der Waals surface area contributed by atoms with Crippen LogP contribution in [0.1, 0.15) is 48.4 Å². The lowest BCUT2D eigenvalue weighted by molar-refractivity contribution is -0.275. The molecule has 1 fully saturated rings. The predicted molar refractivity (Wildman–Crippen MR) is 138 cm³/mol. The second-order valence-corrected chi connectivity index (χ2v) is 10.8. The Bertz CT molecular complexity index is 1340. The number of aromatic nitrogens is 1. The molecule has 2 aromatic carbocycles. The molecule has 4 atom stereocenters. The molecule has 0 unspecified atom stereocenters. The summed E-state index contributed by atoms with van der Waals surface area (Å²) in [5.74, 6) is -4.95. The molecule has 38 heavy (non-hydrogen) atoms. The first kappa shape index (κ1) is 28.8. The fourth-order valence-electron chi connectivity index (χ4n) is 4.75. The van der Waals surface area contributed by atoms with E-state index in [1.54, 1.807) is 6.92 Å². The van der Waals surface area contributed by atoms with E-state index < -0.39 is 47.1 Å². The maximum atomic E-state index is 14.7. The van der Waals surface area contributed by atoms with E-state index in [1.165, 1.54) is 13.0 Å². The van der Waals surface area contributed by atoms with Crippen molar-refractivity contribution in [3.8, 4) is 11.5 Å².